The zero-order chi connectivity index (χ0) is 35.3. The fourth-order valence-corrected chi connectivity index (χ4v) is 7.29. The van der Waals surface area contributed by atoms with Crippen LogP contribution in [0.4, 0.5) is 5.82 Å². The maximum Gasteiger partial charge on any atom is 0.256 e. The number of piperidine rings is 1. The van der Waals surface area contributed by atoms with E-state index in [1.54, 1.807) is 0 Å². The highest BCUT2D eigenvalue weighted by atomic mass is 16.2. The van der Waals surface area contributed by atoms with E-state index in [-0.39, 0.29) is 17.7 Å². The number of hydrogen-bond donors (Lipinski definition) is 3. The standard InChI is InChI=1S/C40H44N8O3/c1-26-30-17-16-27(39(50)44-37-24-33-28(25-41-37)22-34(43-33)35-15-11-20-47(35)2)23-36(30)48(46-26)21-9-7-5-3-4-6-8-12-29-13-10-14-32(42-29)31-18-19-38(49)45-40(31)51/h10,13-14,16-17,22-25,31,35,43H,3-7,9,11,15,18-21H2,1-2H3,(H,41,44,50)(H,45,49,51)/t31?,35-/m1/s1. The summed E-state index contributed by atoms with van der Waals surface area (Å²) in [6, 6.07) is 15.8. The summed E-state index contributed by atoms with van der Waals surface area (Å²) in [5, 5.41) is 12.3. The number of nitrogens with one attached hydrogen (secondary N) is 3. The number of aromatic amines is 1. The summed E-state index contributed by atoms with van der Waals surface area (Å²) in [6.07, 6.45) is 11.0. The number of pyridine rings is 2. The van der Waals surface area contributed by atoms with Crippen LogP contribution in [0.15, 0.2) is 54.7 Å². The molecular formula is C40H44N8O3. The average Bonchev–Trinajstić information content (AvgIpc) is 3.83. The molecule has 1 unspecified atom stereocenters. The third-order valence-electron chi connectivity index (χ3n) is 10.1. The van der Waals surface area contributed by atoms with Gasteiger partial charge in [0.1, 0.15) is 11.5 Å². The summed E-state index contributed by atoms with van der Waals surface area (Å²) in [7, 11) is 2.16. The van der Waals surface area contributed by atoms with Crippen molar-refractivity contribution in [3.05, 3.63) is 83.1 Å². The minimum absolute atomic E-state index is 0.197. The molecule has 2 aliphatic heterocycles. The summed E-state index contributed by atoms with van der Waals surface area (Å²) < 4.78 is 2.02. The quantitative estimate of drug-likeness (QED) is 0.0816. The summed E-state index contributed by atoms with van der Waals surface area (Å²) in [5.74, 6) is 5.76. The van der Waals surface area contributed by atoms with Gasteiger partial charge in [-0.2, -0.15) is 5.10 Å². The Morgan fingerprint density at radius 2 is 1.90 bits per heavy atom. The molecule has 0 bridgehead atoms. The number of H-pyrrole nitrogens is 1. The van der Waals surface area contributed by atoms with Gasteiger partial charge in [-0.15, -0.1) is 0 Å². The Kier molecular flexibility index (Phi) is 10.2. The number of nitrogens with zero attached hydrogens (tertiary/aromatic N) is 5. The van der Waals surface area contributed by atoms with Gasteiger partial charge in [0.15, 0.2) is 0 Å². The van der Waals surface area contributed by atoms with Crippen LogP contribution >= 0.6 is 0 Å². The van der Waals surface area contributed by atoms with E-state index >= 15 is 0 Å². The van der Waals surface area contributed by atoms with Crippen molar-refractivity contribution in [1.29, 1.82) is 0 Å². The Hall–Kier alpha value is -5.34. The Morgan fingerprint density at radius 3 is 2.75 bits per heavy atom. The van der Waals surface area contributed by atoms with Crippen molar-refractivity contribution in [3.63, 3.8) is 0 Å². The van der Waals surface area contributed by atoms with E-state index in [4.69, 9.17) is 5.10 Å². The van der Waals surface area contributed by atoms with Crippen LogP contribution in [0.5, 0.6) is 0 Å². The zero-order valence-corrected chi connectivity index (χ0v) is 29.3. The van der Waals surface area contributed by atoms with Gasteiger partial charge in [0.05, 0.1) is 28.3 Å². The van der Waals surface area contributed by atoms with Gasteiger partial charge < -0.3 is 10.3 Å². The molecule has 2 saturated heterocycles. The third kappa shape index (κ3) is 7.86. The Labute approximate surface area is 297 Å². The van der Waals surface area contributed by atoms with E-state index < -0.39 is 5.92 Å². The van der Waals surface area contributed by atoms with Crippen molar-refractivity contribution in [3.8, 4) is 11.8 Å². The molecule has 1 aromatic carbocycles. The molecule has 2 atom stereocenters. The van der Waals surface area contributed by atoms with Crippen LogP contribution in [0, 0.1) is 18.8 Å². The first-order valence-corrected chi connectivity index (χ1v) is 18.1. The second kappa shape index (κ2) is 15.3. The molecule has 0 saturated carbocycles. The molecule has 0 spiro atoms. The number of aryl methyl sites for hydroxylation is 2. The van der Waals surface area contributed by atoms with Crippen molar-refractivity contribution in [2.75, 3.05) is 18.9 Å². The predicted molar refractivity (Wildman–Crippen MR) is 197 cm³/mol. The topological polar surface area (TPSA) is 138 Å². The van der Waals surface area contributed by atoms with Gasteiger partial charge in [0.25, 0.3) is 5.91 Å². The van der Waals surface area contributed by atoms with Crippen molar-refractivity contribution in [2.24, 2.45) is 0 Å². The largest absolute Gasteiger partial charge is 0.357 e. The molecule has 0 radical (unpaired) electrons. The van der Waals surface area contributed by atoms with Crippen LogP contribution in [0.1, 0.15) is 109 Å². The van der Waals surface area contributed by atoms with Crippen molar-refractivity contribution >= 4 is 45.3 Å². The first kappa shape index (κ1) is 34.1. The van der Waals surface area contributed by atoms with Gasteiger partial charge in [-0.3, -0.25) is 29.3 Å². The summed E-state index contributed by atoms with van der Waals surface area (Å²) >= 11 is 0. The minimum atomic E-state index is -0.402. The molecular weight excluding hydrogens is 640 g/mol. The maximum absolute atomic E-state index is 13.3. The summed E-state index contributed by atoms with van der Waals surface area (Å²) in [4.78, 5) is 52.0. The normalized spacial score (nSPS) is 17.8. The van der Waals surface area contributed by atoms with Crippen molar-refractivity contribution in [2.45, 2.75) is 89.6 Å². The second-order valence-electron chi connectivity index (χ2n) is 13.8. The van der Waals surface area contributed by atoms with E-state index in [2.05, 4.69) is 55.4 Å². The second-order valence-corrected chi connectivity index (χ2v) is 13.8. The first-order valence-electron chi connectivity index (χ1n) is 18.1. The van der Waals surface area contributed by atoms with Gasteiger partial charge >= 0.3 is 0 Å². The SMILES string of the molecule is Cc1nn(CCCCCCCC#Cc2cccc(C3CCC(=O)NC3=O)n2)c2cc(C(=O)Nc3cc4[nH]c([C@H]5CCCN5C)cc4cn3)ccc12. The number of carbonyl (C=O) groups is 3. The lowest BCUT2D eigenvalue weighted by Gasteiger charge is -2.20. The number of benzene rings is 1. The van der Waals surface area contributed by atoms with Crippen molar-refractivity contribution < 1.29 is 14.4 Å². The lowest BCUT2D eigenvalue weighted by atomic mass is 9.94. The molecule has 3 amide bonds. The average molecular weight is 685 g/mol. The number of fused-ring (bicyclic) bond motifs is 2. The lowest BCUT2D eigenvalue weighted by molar-refractivity contribution is -0.134. The molecule has 51 heavy (non-hydrogen) atoms. The van der Waals surface area contributed by atoms with Gasteiger partial charge in [0.2, 0.25) is 11.8 Å². The molecule has 3 N–H and O–H groups in total. The van der Waals surface area contributed by atoms with Gasteiger partial charge in [-0.25, -0.2) is 9.97 Å². The molecule has 262 valence electrons. The summed E-state index contributed by atoms with van der Waals surface area (Å²) in [6.45, 7) is 3.90. The highest BCUT2D eigenvalue weighted by molar-refractivity contribution is 6.06. The number of amides is 3. The number of unbranched alkanes of at least 4 members (excludes halogenated alkanes) is 5. The number of imide groups is 1. The highest BCUT2D eigenvalue weighted by Gasteiger charge is 2.29. The fraction of sp³-hybridized carbons (Fsp3) is 0.400. The molecule has 4 aromatic heterocycles. The number of anilines is 1. The van der Waals surface area contributed by atoms with E-state index in [1.807, 2.05) is 60.3 Å². The van der Waals surface area contributed by atoms with E-state index in [0.29, 0.717) is 41.7 Å². The molecule has 2 aliphatic rings. The van der Waals surface area contributed by atoms with Gasteiger partial charge in [-0.1, -0.05) is 37.3 Å². The maximum atomic E-state index is 13.3. The Morgan fingerprint density at radius 1 is 1.04 bits per heavy atom. The highest BCUT2D eigenvalue weighted by Crippen LogP contribution is 2.32. The third-order valence-corrected chi connectivity index (χ3v) is 10.1. The van der Waals surface area contributed by atoms with Crippen LogP contribution in [-0.2, 0) is 16.1 Å². The molecule has 7 rings (SSSR count). The number of aromatic nitrogens is 5. The van der Waals surface area contributed by atoms with E-state index in [9.17, 15) is 14.4 Å². The Bertz CT molecular complexity index is 2160. The molecule has 6 heterocycles. The lowest BCUT2D eigenvalue weighted by Crippen LogP contribution is -2.39. The van der Waals surface area contributed by atoms with Crippen LogP contribution < -0.4 is 10.6 Å². The zero-order valence-electron chi connectivity index (χ0n) is 29.3. The first-order chi connectivity index (χ1) is 24.8. The summed E-state index contributed by atoms with van der Waals surface area (Å²) in [5.41, 5.74) is 5.97. The van der Waals surface area contributed by atoms with E-state index in [0.717, 1.165) is 85.5 Å². The van der Waals surface area contributed by atoms with E-state index in [1.165, 1.54) is 12.1 Å². The molecule has 5 aromatic rings. The number of hydrogen-bond acceptors (Lipinski definition) is 7. The minimum Gasteiger partial charge on any atom is -0.357 e. The smallest absolute Gasteiger partial charge is 0.256 e. The molecule has 11 nitrogen and oxygen atoms in total. The predicted octanol–water partition coefficient (Wildman–Crippen LogP) is 6.55. The molecule has 11 heteroatoms. The molecule has 0 aliphatic carbocycles. The number of rotatable bonds is 11. The van der Waals surface area contributed by atoms with Crippen LogP contribution in [0.25, 0.3) is 21.8 Å². The van der Waals surface area contributed by atoms with Crippen LogP contribution in [0.3, 0.4) is 0 Å². The van der Waals surface area contributed by atoms with Crippen molar-refractivity contribution in [1.82, 2.24) is 34.9 Å². The van der Waals surface area contributed by atoms with Gasteiger partial charge in [-0.05, 0) is 88.9 Å². The fourth-order valence-electron chi connectivity index (χ4n) is 7.29. The number of carbonyl (C=O) groups excluding carboxylic acids is 3. The Balaban J connectivity index is 0.879. The molecule has 2 fully saturated rings. The van der Waals surface area contributed by atoms with Gasteiger partial charge in [0, 0.05) is 59.7 Å². The monoisotopic (exact) mass is 684 g/mol. The van der Waals surface area contributed by atoms with Crippen LogP contribution in [-0.4, -0.2) is 60.9 Å². The van der Waals surface area contributed by atoms with Crippen LogP contribution in [0.2, 0.25) is 0 Å². The number of likely N-dealkylation sites (tertiary alicyclic amines) is 1.